The van der Waals surface area contributed by atoms with Crippen LogP contribution in [-0.4, -0.2) is 54.8 Å². The van der Waals surface area contributed by atoms with Gasteiger partial charge in [0.15, 0.2) is 17.0 Å². The van der Waals surface area contributed by atoms with Gasteiger partial charge in [0.25, 0.3) is 0 Å². The Bertz CT molecular complexity index is 1140. The van der Waals surface area contributed by atoms with Gasteiger partial charge >= 0.3 is 6.18 Å². The highest BCUT2D eigenvalue weighted by atomic mass is 19.4. The first kappa shape index (κ1) is 22.0. The van der Waals surface area contributed by atoms with Crippen LogP contribution in [0.15, 0.2) is 12.5 Å². The second kappa shape index (κ2) is 7.75. The van der Waals surface area contributed by atoms with Crippen LogP contribution in [0.1, 0.15) is 51.2 Å². The summed E-state index contributed by atoms with van der Waals surface area (Å²) in [6, 6.07) is -0.00189. The van der Waals surface area contributed by atoms with E-state index in [1.807, 2.05) is 30.8 Å². The number of halogens is 3. The van der Waals surface area contributed by atoms with Crippen molar-refractivity contribution in [3.8, 4) is 0 Å². The molecule has 32 heavy (non-hydrogen) atoms. The summed E-state index contributed by atoms with van der Waals surface area (Å²) in [5.41, 5.74) is -0.305. The molecule has 0 bridgehead atoms. The first-order chi connectivity index (χ1) is 14.9. The number of fused-ring (bicyclic) bond motifs is 1. The van der Waals surface area contributed by atoms with E-state index < -0.39 is 11.9 Å². The molecule has 0 aromatic carbocycles. The summed E-state index contributed by atoms with van der Waals surface area (Å²) in [7, 11) is 0. The molecule has 3 aromatic rings. The molecule has 4 heterocycles. The number of H-pyrrole nitrogens is 1. The second-order valence-electron chi connectivity index (χ2n) is 9.07. The van der Waals surface area contributed by atoms with Gasteiger partial charge in [0, 0.05) is 37.0 Å². The lowest BCUT2D eigenvalue weighted by atomic mass is 9.96. The van der Waals surface area contributed by atoms with Crippen LogP contribution in [0.3, 0.4) is 0 Å². The van der Waals surface area contributed by atoms with Crippen LogP contribution in [0.2, 0.25) is 0 Å². The minimum Gasteiger partial charge on any atom is -0.353 e. The van der Waals surface area contributed by atoms with E-state index in [1.165, 1.54) is 19.4 Å². The van der Waals surface area contributed by atoms with Gasteiger partial charge in [0.2, 0.25) is 5.91 Å². The van der Waals surface area contributed by atoms with E-state index >= 15 is 0 Å². The fourth-order valence-electron chi connectivity index (χ4n) is 3.82. The summed E-state index contributed by atoms with van der Waals surface area (Å²) >= 11 is 0. The van der Waals surface area contributed by atoms with Crippen molar-refractivity contribution in [3.63, 3.8) is 0 Å². The minimum atomic E-state index is -4.53. The number of carbonyl (C=O) groups excluding carboxylic acids is 1. The van der Waals surface area contributed by atoms with E-state index in [-0.39, 0.29) is 29.5 Å². The van der Waals surface area contributed by atoms with Gasteiger partial charge in [-0.2, -0.15) is 18.3 Å². The van der Waals surface area contributed by atoms with Gasteiger partial charge < -0.3 is 14.8 Å². The van der Waals surface area contributed by atoms with Gasteiger partial charge in [0.1, 0.15) is 11.5 Å². The van der Waals surface area contributed by atoms with Crippen molar-refractivity contribution in [2.24, 2.45) is 0 Å². The molecule has 1 aliphatic rings. The highest BCUT2D eigenvalue weighted by Gasteiger charge is 2.36. The molecule has 0 saturated carbocycles. The molecule has 12 heteroatoms. The van der Waals surface area contributed by atoms with Crippen LogP contribution >= 0.6 is 0 Å². The van der Waals surface area contributed by atoms with Crippen molar-refractivity contribution >= 4 is 22.9 Å². The topological polar surface area (TPSA) is 105 Å². The number of aromatic amines is 1. The smallest absolute Gasteiger partial charge is 0.353 e. The molecular formula is C20H25F3N8O. The van der Waals surface area contributed by atoms with Crippen LogP contribution < -0.4 is 10.2 Å². The first-order valence-corrected chi connectivity index (χ1v) is 10.3. The Kier molecular flexibility index (Phi) is 5.33. The van der Waals surface area contributed by atoms with Crippen LogP contribution in [0.5, 0.6) is 0 Å². The molecule has 1 atom stereocenters. The molecule has 9 nitrogen and oxygen atoms in total. The fraction of sp³-hybridized carbons (Fsp3) is 0.550. The lowest BCUT2D eigenvalue weighted by molar-refractivity contribution is -0.141. The summed E-state index contributed by atoms with van der Waals surface area (Å²) in [5, 5.41) is 8.52. The summed E-state index contributed by atoms with van der Waals surface area (Å²) in [4.78, 5) is 27.3. The molecule has 1 unspecified atom stereocenters. The van der Waals surface area contributed by atoms with Gasteiger partial charge in [-0.15, -0.1) is 0 Å². The van der Waals surface area contributed by atoms with E-state index in [1.54, 1.807) is 4.57 Å². The molecule has 0 spiro atoms. The maximum atomic E-state index is 13.3. The van der Waals surface area contributed by atoms with E-state index in [2.05, 4.69) is 20.4 Å². The van der Waals surface area contributed by atoms with Gasteiger partial charge in [-0.3, -0.25) is 9.89 Å². The molecule has 1 aliphatic heterocycles. The highest BCUT2D eigenvalue weighted by molar-refractivity contribution is 5.84. The Morgan fingerprint density at radius 1 is 1.28 bits per heavy atom. The number of anilines is 1. The van der Waals surface area contributed by atoms with Gasteiger partial charge in [-0.05, 0) is 6.42 Å². The zero-order valence-corrected chi connectivity index (χ0v) is 18.3. The number of carbonyl (C=O) groups is 1. The molecule has 0 aliphatic carbocycles. The van der Waals surface area contributed by atoms with E-state index in [0.717, 1.165) is 6.42 Å². The third kappa shape index (κ3) is 4.26. The van der Waals surface area contributed by atoms with Crippen molar-refractivity contribution < 1.29 is 18.0 Å². The number of amides is 1. The molecule has 172 valence electrons. The normalized spacial score (nSPS) is 17.3. The quantitative estimate of drug-likeness (QED) is 0.633. The summed E-state index contributed by atoms with van der Waals surface area (Å²) in [6.45, 7) is 8.56. The Hall–Kier alpha value is -3.18. The van der Waals surface area contributed by atoms with Crippen LogP contribution in [0.4, 0.5) is 19.0 Å². The maximum Gasteiger partial charge on any atom is 0.433 e. The van der Waals surface area contributed by atoms with E-state index in [0.29, 0.717) is 35.9 Å². The molecular weight excluding hydrogens is 425 g/mol. The lowest BCUT2D eigenvalue weighted by Gasteiger charge is -2.22. The molecule has 0 radical (unpaired) electrons. The second-order valence-corrected chi connectivity index (χ2v) is 9.07. The molecule has 4 rings (SSSR count). The Morgan fingerprint density at radius 2 is 2.03 bits per heavy atom. The highest BCUT2D eigenvalue weighted by Crippen LogP contribution is 2.32. The predicted molar refractivity (Wildman–Crippen MR) is 111 cm³/mol. The van der Waals surface area contributed by atoms with Crippen LogP contribution in [0.25, 0.3) is 11.2 Å². The third-order valence-electron chi connectivity index (χ3n) is 5.35. The maximum absolute atomic E-state index is 13.3. The minimum absolute atomic E-state index is 0.00108. The summed E-state index contributed by atoms with van der Waals surface area (Å²) in [6.07, 6.45) is -1.13. The van der Waals surface area contributed by atoms with Crippen molar-refractivity contribution in [2.75, 3.05) is 18.0 Å². The Balaban J connectivity index is 1.76. The number of alkyl halides is 3. The Morgan fingerprint density at radius 3 is 2.69 bits per heavy atom. The zero-order chi connectivity index (χ0) is 23.3. The average molecular weight is 450 g/mol. The average Bonchev–Trinajstić information content (AvgIpc) is 3.40. The van der Waals surface area contributed by atoms with Gasteiger partial charge in [-0.25, -0.2) is 15.0 Å². The van der Waals surface area contributed by atoms with E-state index in [9.17, 15) is 18.0 Å². The molecule has 1 saturated heterocycles. The van der Waals surface area contributed by atoms with Crippen molar-refractivity contribution in [3.05, 3.63) is 29.6 Å². The number of rotatable bonds is 4. The summed E-state index contributed by atoms with van der Waals surface area (Å²) < 4.78 is 41.4. The van der Waals surface area contributed by atoms with Crippen molar-refractivity contribution in [2.45, 2.75) is 58.3 Å². The standard InChI is InChI=1S/C20H25F3N8O/c1-11(32)26-13-5-6-30(9-13)16-14-17(28-18(27-16)19(2,3)4)31(10-24-14)8-12-7-25-29-15(12)20(21,22)23/h7,10,13H,5-6,8-9H2,1-4H3,(H,25,29)(H,26,32). The number of hydrogen-bond acceptors (Lipinski definition) is 6. The van der Waals surface area contributed by atoms with Gasteiger partial charge in [-0.1, -0.05) is 20.8 Å². The molecule has 1 amide bonds. The lowest BCUT2D eigenvalue weighted by Crippen LogP contribution is -2.36. The first-order valence-electron chi connectivity index (χ1n) is 10.3. The largest absolute Gasteiger partial charge is 0.433 e. The number of aromatic nitrogens is 6. The van der Waals surface area contributed by atoms with Crippen LogP contribution in [-0.2, 0) is 22.9 Å². The molecule has 3 aromatic heterocycles. The SMILES string of the molecule is CC(=O)NC1CCN(c2nc(C(C)(C)C)nc3c2ncn3Cc2cn[nH]c2C(F)(F)F)C1. The number of imidazole rings is 1. The fourth-order valence-corrected chi connectivity index (χ4v) is 3.82. The molecule has 2 N–H and O–H groups in total. The zero-order valence-electron chi connectivity index (χ0n) is 18.3. The Labute approximate surface area is 182 Å². The monoisotopic (exact) mass is 450 g/mol. The van der Waals surface area contributed by atoms with Crippen molar-refractivity contribution in [1.82, 2.24) is 35.0 Å². The summed E-state index contributed by atoms with van der Waals surface area (Å²) in [5.74, 6) is 1.09. The number of nitrogens with one attached hydrogen (secondary N) is 2. The number of hydrogen-bond donors (Lipinski definition) is 2. The van der Waals surface area contributed by atoms with Crippen molar-refractivity contribution in [1.29, 1.82) is 0 Å². The number of nitrogens with zero attached hydrogens (tertiary/aromatic N) is 6. The predicted octanol–water partition coefficient (Wildman–Crippen LogP) is 2.63. The third-order valence-corrected chi connectivity index (χ3v) is 5.35. The molecule has 1 fully saturated rings. The van der Waals surface area contributed by atoms with Gasteiger partial charge in [0.05, 0.1) is 19.1 Å². The van der Waals surface area contributed by atoms with E-state index in [4.69, 9.17) is 4.98 Å². The van der Waals surface area contributed by atoms with Crippen LogP contribution in [0, 0.1) is 0 Å².